The van der Waals surface area contributed by atoms with Gasteiger partial charge in [-0.1, -0.05) is 61.9 Å². The molecule has 0 bridgehead atoms. The van der Waals surface area contributed by atoms with E-state index in [1.165, 1.54) is 22.3 Å². The second-order valence-electron chi connectivity index (χ2n) is 6.14. The van der Waals surface area contributed by atoms with Crippen LogP contribution in [0, 0.1) is 13.8 Å². The van der Waals surface area contributed by atoms with E-state index in [1.54, 1.807) is 0 Å². The molecule has 0 heterocycles. The molecule has 0 saturated carbocycles. The van der Waals surface area contributed by atoms with Crippen molar-refractivity contribution in [1.82, 2.24) is 0 Å². The van der Waals surface area contributed by atoms with Gasteiger partial charge < -0.3 is 0 Å². The fraction of sp³-hybridized carbons (Fsp3) is 0.350. The minimum Gasteiger partial charge on any atom is -0.285 e. The maximum Gasteiger partial charge on any atom is 0.0723 e. The van der Waals surface area contributed by atoms with E-state index < -0.39 is 0 Å². The Morgan fingerprint density at radius 3 is 2.14 bits per heavy atom. The zero-order valence-electron chi connectivity index (χ0n) is 13.7. The molecule has 0 fully saturated rings. The Morgan fingerprint density at radius 2 is 1.57 bits per heavy atom. The van der Waals surface area contributed by atoms with Crippen molar-refractivity contribution in [2.45, 2.75) is 46.6 Å². The van der Waals surface area contributed by atoms with Crippen LogP contribution in [0.4, 0.5) is 0 Å². The van der Waals surface area contributed by atoms with Gasteiger partial charge in [-0.3, -0.25) is 4.99 Å². The highest BCUT2D eigenvalue weighted by Gasteiger charge is 2.06. The zero-order valence-corrected chi connectivity index (χ0v) is 13.7. The van der Waals surface area contributed by atoms with Gasteiger partial charge in [-0.25, -0.2) is 0 Å². The van der Waals surface area contributed by atoms with Gasteiger partial charge in [-0.05, 0) is 48.9 Å². The molecular formula is C20H25N. The molecule has 0 aliphatic rings. The lowest BCUT2D eigenvalue weighted by molar-refractivity contribution is 0.816. The number of aliphatic imine (C=N–C) groups is 1. The van der Waals surface area contributed by atoms with Gasteiger partial charge in [-0.15, -0.1) is 0 Å². The summed E-state index contributed by atoms with van der Waals surface area (Å²) >= 11 is 0. The summed E-state index contributed by atoms with van der Waals surface area (Å²) in [7, 11) is 0. The third-order valence-corrected chi connectivity index (χ3v) is 3.93. The third kappa shape index (κ3) is 4.04. The number of hydrogen-bond acceptors (Lipinski definition) is 1. The smallest absolute Gasteiger partial charge is 0.0723 e. The van der Waals surface area contributed by atoms with Gasteiger partial charge in [0.15, 0.2) is 0 Å². The van der Waals surface area contributed by atoms with E-state index in [4.69, 9.17) is 4.99 Å². The van der Waals surface area contributed by atoms with Crippen LogP contribution in [0.15, 0.2) is 47.5 Å². The van der Waals surface area contributed by atoms with Crippen molar-refractivity contribution in [3.63, 3.8) is 0 Å². The van der Waals surface area contributed by atoms with Crippen LogP contribution in [0.3, 0.4) is 0 Å². The quantitative estimate of drug-likeness (QED) is 0.645. The Kier molecular flexibility index (Phi) is 4.95. The molecule has 110 valence electrons. The number of aryl methyl sites for hydroxylation is 2. The summed E-state index contributed by atoms with van der Waals surface area (Å²) in [5.74, 6) is 0.574. The second-order valence-corrected chi connectivity index (χ2v) is 6.14. The highest BCUT2D eigenvalue weighted by Crippen LogP contribution is 2.22. The largest absolute Gasteiger partial charge is 0.285 e. The molecule has 2 rings (SSSR count). The van der Waals surface area contributed by atoms with Crippen molar-refractivity contribution < 1.29 is 0 Å². The lowest BCUT2D eigenvalue weighted by Crippen LogP contribution is -1.95. The van der Waals surface area contributed by atoms with Crippen LogP contribution in [0.1, 0.15) is 60.5 Å². The molecule has 2 aromatic carbocycles. The number of hydrogen-bond donors (Lipinski definition) is 0. The standard InChI is InChI=1S/C20H25N/c1-14(2)19-9-7-18(8-10-19)13-21-17(5)20-11-6-15(3)12-16(20)4/h6-14,17H,1-5H3. The van der Waals surface area contributed by atoms with Gasteiger partial charge >= 0.3 is 0 Å². The number of nitrogens with zero attached hydrogens (tertiary/aromatic N) is 1. The first kappa shape index (κ1) is 15.5. The van der Waals surface area contributed by atoms with Gasteiger partial charge in [0.1, 0.15) is 0 Å². The molecule has 0 saturated heterocycles. The van der Waals surface area contributed by atoms with Crippen molar-refractivity contribution in [1.29, 1.82) is 0 Å². The molecule has 0 radical (unpaired) electrons. The average Bonchev–Trinajstić information content (AvgIpc) is 2.45. The van der Waals surface area contributed by atoms with E-state index in [0.717, 1.165) is 5.56 Å². The fourth-order valence-electron chi connectivity index (χ4n) is 2.54. The van der Waals surface area contributed by atoms with Crippen molar-refractivity contribution in [3.05, 3.63) is 70.3 Å². The molecule has 1 nitrogen and oxygen atoms in total. The van der Waals surface area contributed by atoms with Crippen LogP contribution in [-0.2, 0) is 0 Å². The van der Waals surface area contributed by atoms with Gasteiger partial charge in [0.05, 0.1) is 6.04 Å². The van der Waals surface area contributed by atoms with E-state index in [1.807, 2.05) is 6.21 Å². The summed E-state index contributed by atoms with van der Waals surface area (Å²) in [5.41, 5.74) is 6.45. The minimum absolute atomic E-state index is 0.190. The average molecular weight is 279 g/mol. The first-order chi connectivity index (χ1) is 9.97. The summed E-state index contributed by atoms with van der Waals surface area (Å²) < 4.78 is 0. The lowest BCUT2D eigenvalue weighted by Gasteiger charge is -2.11. The monoisotopic (exact) mass is 279 g/mol. The third-order valence-electron chi connectivity index (χ3n) is 3.93. The van der Waals surface area contributed by atoms with Crippen LogP contribution in [0.5, 0.6) is 0 Å². The molecule has 1 heteroatoms. The zero-order chi connectivity index (χ0) is 15.4. The van der Waals surface area contributed by atoms with Crippen molar-refractivity contribution in [2.24, 2.45) is 4.99 Å². The molecule has 1 atom stereocenters. The minimum atomic E-state index is 0.190. The Balaban J connectivity index is 2.12. The van der Waals surface area contributed by atoms with Crippen molar-refractivity contribution >= 4 is 6.21 Å². The van der Waals surface area contributed by atoms with Crippen LogP contribution >= 0.6 is 0 Å². The van der Waals surface area contributed by atoms with Gasteiger partial charge in [0.25, 0.3) is 0 Å². The van der Waals surface area contributed by atoms with E-state index in [0.29, 0.717) is 5.92 Å². The van der Waals surface area contributed by atoms with Crippen LogP contribution in [0.2, 0.25) is 0 Å². The van der Waals surface area contributed by atoms with Crippen molar-refractivity contribution in [3.8, 4) is 0 Å². The maximum absolute atomic E-state index is 4.70. The summed E-state index contributed by atoms with van der Waals surface area (Å²) in [4.78, 5) is 4.70. The summed E-state index contributed by atoms with van der Waals surface area (Å²) in [6.07, 6.45) is 1.98. The highest BCUT2D eigenvalue weighted by atomic mass is 14.8. The first-order valence-corrected chi connectivity index (χ1v) is 7.67. The maximum atomic E-state index is 4.70. The fourth-order valence-corrected chi connectivity index (χ4v) is 2.54. The number of rotatable bonds is 4. The molecule has 21 heavy (non-hydrogen) atoms. The predicted octanol–water partition coefficient (Wildman–Crippen LogP) is 5.61. The Hall–Kier alpha value is -1.89. The lowest BCUT2D eigenvalue weighted by atomic mass is 10.0. The summed E-state index contributed by atoms with van der Waals surface area (Å²) in [5, 5.41) is 0. The van der Waals surface area contributed by atoms with E-state index in [-0.39, 0.29) is 6.04 Å². The molecule has 2 aromatic rings. The molecule has 0 amide bonds. The topological polar surface area (TPSA) is 12.4 Å². The normalized spacial score (nSPS) is 13.0. The molecule has 1 unspecified atom stereocenters. The SMILES string of the molecule is Cc1ccc(C(C)N=Cc2ccc(C(C)C)cc2)c(C)c1. The molecule has 0 spiro atoms. The number of benzene rings is 2. The molecule has 0 aliphatic carbocycles. The molecule has 0 aromatic heterocycles. The van der Waals surface area contributed by atoms with Gasteiger partial charge in [0.2, 0.25) is 0 Å². The van der Waals surface area contributed by atoms with Gasteiger partial charge in [0, 0.05) is 6.21 Å². The molecule has 0 N–H and O–H groups in total. The van der Waals surface area contributed by atoms with Crippen LogP contribution < -0.4 is 0 Å². The predicted molar refractivity (Wildman–Crippen MR) is 92.5 cm³/mol. The van der Waals surface area contributed by atoms with Gasteiger partial charge in [-0.2, -0.15) is 0 Å². The van der Waals surface area contributed by atoms with E-state index in [9.17, 15) is 0 Å². The first-order valence-electron chi connectivity index (χ1n) is 7.67. The summed E-state index contributed by atoms with van der Waals surface area (Å²) in [6, 6.07) is 15.4. The highest BCUT2D eigenvalue weighted by molar-refractivity contribution is 5.79. The van der Waals surface area contributed by atoms with E-state index >= 15 is 0 Å². The second kappa shape index (κ2) is 6.71. The van der Waals surface area contributed by atoms with Crippen molar-refractivity contribution in [2.75, 3.05) is 0 Å². The Bertz CT molecular complexity index is 621. The van der Waals surface area contributed by atoms with Crippen LogP contribution in [0.25, 0.3) is 0 Å². The van der Waals surface area contributed by atoms with E-state index in [2.05, 4.69) is 77.1 Å². The molecular weight excluding hydrogens is 254 g/mol. The van der Waals surface area contributed by atoms with Crippen LogP contribution in [-0.4, -0.2) is 6.21 Å². The summed E-state index contributed by atoms with van der Waals surface area (Å²) in [6.45, 7) is 10.9. The Morgan fingerprint density at radius 1 is 0.905 bits per heavy atom. The Labute approximate surface area is 128 Å². The molecule has 0 aliphatic heterocycles.